The van der Waals surface area contributed by atoms with Crippen LogP contribution in [0.4, 0.5) is 0 Å². The van der Waals surface area contributed by atoms with E-state index in [1.165, 1.54) is 6.20 Å². The van der Waals surface area contributed by atoms with Gasteiger partial charge in [-0.05, 0) is 50.7 Å². The summed E-state index contributed by atoms with van der Waals surface area (Å²) in [6.07, 6.45) is 4.69. The molecule has 3 heterocycles. The minimum absolute atomic E-state index is 0.0816. The van der Waals surface area contributed by atoms with E-state index in [0.29, 0.717) is 37.6 Å². The summed E-state index contributed by atoms with van der Waals surface area (Å²) in [5.41, 5.74) is 11.8. The molecule has 4 rings (SSSR count). The van der Waals surface area contributed by atoms with E-state index in [1.54, 1.807) is 29.3 Å². The molecule has 0 atom stereocenters. The van der Waals surface area contributed by atoms with Crippen molar-refractivity contribution in [1.29, 1.82) is 0 Å². The molecule has 160 valence electrons. The number of benzene rings is 1. The van der Waals surface area contributed by atoms with Gasteiger partial charge in [0, 0.05) is 23.2 Å². The Morgan fingerprint density at radius 3 is 2.87 bits per heavy atom. The van der Waals surface area contributed by atoms with Gasteiger partial charge in [0.25, 0.3) is 5.91 Å². The number of aryl methyl sites for hydroxylation is 2. The molecule has 0 unspecified atom stereocenters. The Bertz CT molecular complexity index is 1190. The fourth-order valence-electron chi connectivity index (χ4n) is 3.69. The maximum atomic E-state index is 13.3. The van der Waals surface area contributed by atoms with E-state index in [9.17, 15) is 4.79 Å². The number of nitrogens with two attached hydrogens (primary N) is 1. The Hall–Kier alpha value is -3.68. The Labute approximate surface area is 181 Å². The first-order valence-corrected chi connectivity index (χ1v) is 10.2. The van der Waals surface area contributed by atoms with Crippen molar-refractivity contribution in [3.05, 3.63) is 70.3 Å². The Kier molecular flexibility index (Phi) is 5.70. The monoisotopic (exact) mass is 418 g/mol. The Balaban J connectivity index is 1.51. The number of fused-ring (bicyclic) bond motifs is 3. The van der Waals surface area contributed by atoms with Crippen LogP contribution in [0.2, 0.25) is 0 Å². The second-order valence-electron chi connectivity index (χ2n) is 7.51. The van der Waals surface area contributed by atoms with Gasteiger partial charge in [-0.15, -0.1) is 0 Å². The number of amides is 1. The average Bonchev–Trinajstić information content (AvgIpc) is 3.33. The van der Waals surface area contributed by atoms with E-state index in [4.69, 9.17) is 20.6 Å². The third kappa shape index (κ3) is 3.88. The van der Waals surface area contributed by atoms with E-state index in [1.807, 2.05) is 30.5 Å². The fraction of sp³-hybridized carbons (Fsp3) is 0.304. The Morgan fingerprint density at radius 2 is 2.06 bits per heavy atom. The van der Waals surface area contributed by atoms with Crippen LogP contribution < -0.4 is 10.5 Å². The topological polar surface area (TPSA) is 98.1 Å². The zero-order chi connectivity index (χ0) is 22.0. The van der Waals surface area contributed by atoms with Gasteiger partial charge in [0.05, 0.1) is 30.9 Å². The highest BCUT2D eigenvalue weighted by Crippen LogP contribution is 2.30. The molecular weight excluding hydrogens is 392 g/mol. The van der Waals surface area contributed by atoms with Gasteiger partial charge in [-0.2, -0.15) is 5.10 Å². The van der Waals surface area contributed by atoms with Crippen LogP contribution >= 0.6 is 0 Å². The van der Waals surface area contributed by atoms with Crippen molar-refractivity contribution < 1.29 is 9.53 Å². The number of carbonyl (C=O) groups is 1. The predicted molar refractivity (Wildman–Crippen MR) is 119 cm³/mol. The number of aromatic nitrogens is 3. The van der Waals surface area contributed by atoms with Gasteiger partial charge in [-0.3, -0.25) is 9.79 Å². The maximum Gasteiger partial charge on any atom is 0.258 e. The number of nitrogens with zero attached hydrogens (tertiary/aromatic N) is 5. The number of carbonyl (C=O) groups excluding carboxylic acids is 1. The van der Waals surface area contributed by atoms with Gasteiger partial charge in [0.1, 0.15) is 12.4 Å². The largest absolute Gasteiger partial charge is 0.491 e. The van der Waals surface area contributed by atoms with Crippen molar-refractivity contribution in [2.24, 2.45) is 10.7 Å². The molecule has 8 nitrogen and oxygen atoms in total. The third-order valence-electron chi connectivity index (χ3n) is 5.59. The molecule has 8 heteroatoms. The molecule has 1 aromatic carbocycles. The molecule has 2 N–H and O–H groups in total. The van der Waals surface area contributed by atoms with Crippen LogP contribution in [0.25, 0.3) is 5.65 Å². The number of rotatable bonds is 6. The van der Waals surface area contributed by atoms with Crippen LogP contribution in [-0.2, 0) is 13.1 Å². The summed E-state index contributed by atoms with van der Waals surface area (Å²) in [4.78, 5) is 24.0. The molecule has 0 fully saturated rings. The summed E-state index contributed by atoms with van der Waals surface area (Å²) >= 11 is 0. The van der Waals surface area contributed by atoms with Crippen molar-refractivity contribution in [3.63, 3.8) is 0 Å². The van der Waals surface area contributed by atoms with Gasteiger partial charge >= 0.3 is 0 Å². The van der Waals surface area contributed by atoms with Gasteiger partial charge < -0.3 is 15.4 Å². The summed E-state index contributed by atoms with van der Waals surface area (Å²) in [6.45, 7) is 7.89. The normalized spacial score (nSPS) is 13.6. The van der Waals surface area contributed by atoms with E-state index >= 15 is 0 Å². The average molecular weight is 419 g/mol. The first-order chi connectivity index (χ1) is 15.0. The van der Waals surface area contributed by atoms with E-state index in [0.717, 1.165) is 33.9 Å². The standard InChI is InChI=1S/C23H26N6O2/c1-15-16(2)26-22-19-13-28(14-20(19)27-29(22)17(15)3)23(30)18-7-4-5-8-21(18)31-12-11-25-10-6-9-24/h4-10H,11-14,24H2,1-3H3. The van der Waals surface area contributed by atoms with Gasteiger partial charge in [-0.25, -0.2) is 9.50 Å². The van der Waals surface area contributed by atoms with Crippen LogP contribution in [0.5, 0.6) is 5.75 Å². The molecule has 0 saturated heterocycles. The fourth-order valence-corrected chi connectivity index (χ4v) is 3.69. The number of hydrogen-bond acceptors (Lipinski definition) is 6. The van der Waals surface area contributed by atoms with Crippen molar-refractivity contribution in [1.82, 2.24) is 19.5 Å². The molecule has 0 spiro atoms. The maximum absolute atomic E-state index is 13.3. The molecule has 0 aliphatic carbocycles. The minimum Gasteiger partial charge on any atom is -0.491 e. The lowest BCUT2D eigenvalue weighted by molar-refractivity contribution is 0.0745. The summed E-state index contributed by atoms with van der Waals surface area (Å²) in [6, 6.07) is 7.29. The van der Waals surface area contributed by atoms with Gasteiger partial charge in [0.15, 0.2) is 5.65 Å². The number of aliphatic imine (C=N–C) groups is 1. The second kappa shape index (κ2) is 8.59. The van der Waals surface area contributed by atoms with Gasteiger partial charge in [-0.1, -0.05) is 12.1 Å². The SMILES string of the molecule is Cc1nc2c3c(nn2c(C)c1C)CN(C(=O)c1ccccc1OCCN=CC=CN)C3. The number of hydrogen-bond donors (Lipinski definition) is 1. The highest BCUT2D eigenvalue weighted by molar-refractivity contribution is 5.97. The molecule has 31 heavy (non-hydrogen) atoms. The summed E-state index contributed by atoms with van der Waals surface area (Å²) in [5.74, 6) is 0.471. The number of allylic oxidation sites excluding steroid dienone is 1. The summed E-state index contributed by atoms with van der Waals surface area (Å²) in [7, 11) is 0. The molecule has 1 aliphatic rings. The van der Waals surface area contributed by atoms with E-state index in [2.05, 4.69) is 11.9 Å². The highest BCUT2D eigenvalue weighted by atomic mass is 16.5. The molecule has 2 aromatic heterocycles. The first kappa shape index (κ1) is 20.6. The number of para-hydroxylation sites is 1. The molecule has 0 radical (unpaired) electrons. The van der Waals surface area contributed by atoms with Crippen LogP contribution in [0, 0.1) is 20.8 Å². The molecule has 0 bridgehead atoms. The summed E-state index contributed by atoms with van der Waals surface area (Å²) in [5, 5.41) is 4.73. The third-order valence-corrected chi connectivity index (χ3v) is 5.59. The van der Waals surface area contributed by atoms with Crippen LogP contribution in [0.3, 0.4) is 0 Å². The molecule has 0 saturated carbocycles. The first-order valence-electron chi connectivity index (χ1n) is 10.2. The minimum atomic E-state index is -0.0816. The van der Waals surface area contributed by atoms with E-state index < -0.39 is 0 Å². The predicted octanol–water partition coefficient (Wildman–Crippen LogP) is 2.73. The van der Waals surface area contributed by atoms with Crippen molar-refractivity contribution in [2.75, 3.05) is 13.2 Å². The van der Waals surface area contributed by atoms with Crippen molar-refractivity contribution in [3.8, 4) is 5.75 Å². The Morgan fingerprint density at radius 1 is 1.26 bits per heavy atom. The summed E-state index contributed by atoms with van der Waals surface area (Å²) < 4.78 is 7.72. The number of ether oxygens (including phenoxy) is 1. The molecule has 1 amide bonds. The van der Waals surface area contributed by atoms with Gasteiger partial charge in [0.2, 0.25) is 0 Å². The molecular formula is C23H26N6O2. The lowest BCUT2D eigenvalue weighted by atomic mass is 10.1. The van der Waals surface area contributed by atoms with Crippen LogP contribution in [0.1, 0.15) is 38.6 Å². The smallest absolute Gasteiger partial charge is 0.258 e. The zero-order valence-electron chi connectivity index (χ0n) is 18.0. The molecule has 1 aliphatic heterocycles. The van der Waals surface area contributed by atoms with Crippen LogP contribution in [0.15, 0.2) is 41.5 Å². The second-order valence-corrected chi connectivity index (χ2v) is 7.51. The lowest BCUT2D eigenvalue weighted by Crippen LogP contribution is -2.26. The lowest BCUT2D eigenvalue weighted by Gasteiger charge is -2.18. The van der Waals surface area contributed by atoms with E-state index in [-0.39, 0.29) is 5.91 Å². The quantitative estimate of drug-likeness (QED) is 0.490. The van der Waals surface area contributed by atoms with Crippen LogP contribution in [-0.4, -0.2) is 44.8 Å². The zero-order valence-corrected chi connectivity index (χ0v) is 18.0. The van der Waals surface area contributed by atoms with Crippen molar-refractivity contribution >= 4 is 17.8 Å². The molecule has 3 aromatic rings. The van der Waals surface area contributed by atoms with Crippen molar-refractivity contribution in [2.45, 2.75) is 33.9 Å². The highest BCUT2D eigenvalue weighted by Gasteiger charge is 2.31.